The lowest BCUT2D eigenvalue weighted by atomic mass is 10.1. The van der Waals surface area contributed by atoms with Crippen molar-refractivity contribution in [2.75, 3.05) is 24.5 Å². The van der Waals surface area contributed by atoms with E-state index < -0.39 is 15.6 Å². The maximum Gasteiger partial charge on any atom is 0.341 e. The Morgan fingerprint density at radius 2 is 2.10 bits per heavy atom. The number of para-hydroxylation sites is 1. The molecule has 1 aliphatic rings. The fraction of sp³-hybridized carbons (Fsp3) is 0.571. The second-order valence-electron chi connectivity index (χ2n) is 5.11. The number of anilines is 1. The summed E-state index contributed by atoms with van der Waals surface area (Å²) in [6.45, 7) is 4.22. The summed E-state index contributed by atoms with van der Waals surface area (Å²) in [5, 5.41) is 3.22. The second kappa shape index (κ2) is 6.70. The van der Waals surface area contributed by atoms with E-state index in [-0.39, 0.29) is 10.9 Å². The predicted octanol–water partition coefficient (Wildman–Crippen LogP) is 2.26. The summed E-state index contributed by atoms with van der Waals surface area (Å²) in [6, 6.07) is 6.19. The zero-order chi connectivity index (χ0) is 15.5. The summed E-state index contributed by atoms with van der Waals surface area (Å²) in [6.07, 6.45) is 1.70. The highest BCUT2D eigenvalue weighted by molar-refractivity contribution is 7.91. The summed E-state index contributed by atoms with van der Waals surface area (Å²) < 4.78 is 49.5. The van der Waals surface area contributed by atoms with Gasteiger partial charge in [-0.3, -0.25) is 0 Å². The molecule has 1 heterocycles. The van der Waals surface area contributed by atoms with Crippen molar-refractivity contribution in [1.82, 2.24) is 5.32 Å². The van der Waals surface area contributed by atoms with Crippen LogP contribution in [0.2, 0.25) is 0 Å². The first-order valence-corrected chi connectivity index (χ1v) is 8.61. The number of sulfone groups is 1. The Kier molecular flexibility index (Phi) is 5.16. The van der Waals surface area contributed by atoms with E-state index in [4.69, 9.17) is 0 Å². The monoisotopic (exact) mass is 318 g/mol. The highest BCUT2D eigenvalue weighted by atomic mass is 32.2. The summed E-state index contributed by atoms with van der Waals surface area (Å²) in [5.74, 6) is -3.40. The predicted molar refractivity (Wildman–Crippen MR) is 78.5 cm³/mol. The number of nitrogens with one attached hydrogen (secondary N) is 1. The Balaban J connectivity index is 2.46. The Hall–Kier alpha value is -1.21. The van der Waals surface area contributed by atoms with Gasteiger partial charge in [0.25, 0.3) is 0 Å². The number of benzene rings is 1. The number of hydrogen-bond donors (Lipinski definition) is 1. The summed E-state index contributed by atoms with van der Waals surface area (Å²) in [5.41, 5.74) is 0.383. The first kappa shape index (κ1) is 16.2. The van der Waals surface area contributed by atoms with Crippen LogP contribution in [0.4, 0.5) is 14.5 Å². The Morgan fingerprint density at radius 1 is 1.38 bits per heavy atom. The lowest BCUT2D eigenvalue weighted by Gasteiger charge is -2.32. The third-order valence-corrected chi connectivity index (χ3v) is 5.08. The molecule has 1 N–H and O–H groups in total. The topological polar surface area (TPSA) is 49.4 Å². The smallest absolute Gasteiger partial charge is 0.341 e. The van der Waals surface area contributed by atoms with Crippen LogP contribution in [0.25, 0.3) is 0 Å². The van der Waals surface area contributed by atoms with Crippen molar-refractivity contribution in [2.45, 2.75) is 36.5 Å². The first-order valence-electron chi connectivity index (χ1n) is 7.07. The SMILES string of the molecule is CCCN(c1ccccc1S(=O)(=O)C(F)F)C1CCNC1. The number of rotatable bonds is 6. The van der Waals surface area contributed by atoms with E-state index in [1.165, 1.54) is 12.1 Å². The third kappa shape index (κ3) is 3.35. The maximum absolute atomic E-state index is 12.9. The van der Waals surface area contributed by atoms with E-state index in [2.05, 4.69) is 5.32 Å². The van der Waals surface area contributed by atoms with Crippen molar-refractivity contribution >= 4 is 15.5 Å². The first-order chi connectivity index (χ1) is 9.98. The van der Waals surface area contributed by atoms with E-state index in [0.29, 0.717) is 12.2 Å². The molecule has 1 aromatic carbocycles. The summed E-state index contributed by atoms with van der Waals surface area (Å²) in [7, 11) is -4.60. The quantitative estimate of drug-likeness (QED) is 0.874. The second-order valence-corrected chi connectivity index (χ2v) is 7.00. The van der Waals surface area contributed by atoms with E-state index in [1.54, 1.807) is 12.1 Å². The minimum Gasteiger partial charge on any atom is -0.366 e. The van der Waals surface area contributed by atoms with Crippen LogP contribution in [-0.2, 0) is 9.84 Å². The Morgan fingerprint density at radius 3 is 2.67 bits per heavy atom. The van der Waals surface area contributed by atoms with Crippen LogP contribution < -0.4 is 10.2 Å². The molecule has 0 bridgehead atoms. The molecule has 1 aromatic rings. The van der Waals surface area contributed by atoms with Crippen molar-refractivity contribution in [1.29, 1.82) is 0 Å². The number of halogens is 2. The minimum absolute atomic E-state index is 0.138. The Labute approximate surface area is 124 Å². The van der Waals surface area contributed by atoms with Crippen LogP contribution in [0.1, 0.15) is 19.8 Å². The summed E-state index contributed by atoms with van der Waals surface area (Å²) >= 11 is 0. The van der Waals surface area contributed by atoms with Gasteiger partial charge in [0.05, 0.1) is 10.6 Å². The summed E-state index contributed by atoms with van der Waals surface area (Å²) in [4.78, 5) is 1.66. The minimum atomic E-state index is -4.60. The lowest BCUT2D eigenvalue weighted by Crippen LogP contribution is -2.38. The van der Waals surface area contributed by atoms with Gasteiger partial charge in [-0.25, -0.2) is 8.42 Å². The van der Waals surface area contributed by atoms with E-state index in [0.717, 1.165) is 25.9 Å². The molecular formula is C14H20F2N2O2S. The third-order valence-electron chi connectivity index (χ3n) is 3.66. The molecule has 118 valence electrons. The van der Waals surface area contributed by atoms with Crippen LogP contribution in [0, 0.1) is 0 Å². The van der Waals surface area contributed by atoms with Gasteiger partial charge in [0, 0.05) is 19.1 Å². The van der Waals surface area contributed by atoms with Gasteiger partial charge >= 0.3 is 5.76 Å². The molecule has 1 saturated heterocycles. The van der Waals surface area contributed by atoms with E-state index in [1.807, 2.05) is 11.8 Å². The van der Waals surface area contributed by atoms with Crippen molar-refractivity contribution in [2.24, 2.45) is 0 Å². The van der Waals surface area contributed by atoms with E-state index >= 15 is 0 Å². The molecule has 0 spiro atoms. The largest absolute Gasteiger partial charge is 0.366 e. The normalized spacial score (nSPS) is 19.1. The van der Waals surface area contributed by atoms with Crippen molar-refractivity contribution in [3.05, 3.63) is 24.3 Å². The van der Waals surface area contributed by atoms with Crippen LogP contribution >= 0.6 is 0 Å². The van der Waals surface area contributed by atoms with Gasteiger partial charge in [0.1, 0.15) is 0 Å². The van der Waals surface area contributed by atoms with Crippen LogP contribution in [0.3, 0.4) is 0 Å². The average molecular weight is 318 g/mol. The Bertz CT molecular complexity index is 572. The molecule has 0 saturated carbocycles. The molecule has 0 aliphatic carbocycles. The van der Waals surface area contributed by atoms with Gasteiger partial charge in [0.15, 0.2) is 0 Å². The molecule has 0 aromatic heterocycles. The van der Waals surface area contributed by atoms with Gasteiger partial charge in [-0.2, -0.15) is 8.78 Å². The number of hydrogen-bond acceptors (Lipinski definition) is 4. The van der Waals surface area contributed by atoms with Crippen molar-refractivity contribution in [3.63, 3.8) is 0 Å². The molecule has 4 nitrogen and oxygen atoms in total. The number of alkyl halides is 2. The lowest BCUT2D eigenvalue weighted by molar-refractivity contribution is 0.234. The molecule has 0 radical (unpaired) electrons. The highest BCUT2D eigenvalue weighted by Crippen LogP contribution is 2.31. The maximum atomic E-state index is 12.9. The van der Waals surface area contributed by atoms with Gasteiger partial charge in [-0.1, -0.05) is 19.1 Å². The van der Waals surface area contributed by atoms with E-state index in [9.17, 15) is 17.2 Å². The molecule has 1 unspecified atom stereocenters. The molecule has 1 atom stereocenters. The average Bonchev–Trinajstić information content (AvgIpc) is 2.98. The van der Waals surface area contributed by atoms with Crippen LogP contribution in [-0.4, -0.2) is 39.9 Å². The standard InChI is InChI=1S/C14H20F2N2O2S/c1-2-9-18(11-7-8-17-10-11)12-5-3-4-6-13(12)21(19,20)14(15)16/h3-6,11,14,17H,2,7-10H2,1H3. The zero-order valence-electron chi connectivity index (χ0n) is 11.9. The van der Waals surface area contributed by atoms with Crippen molar-refractivity contribution < 1.29 is 17.2 Å². The fourth-order valence-corrected chi connectivity index (χ4v) is 3.61. The van der Waals surface area contributed by atoms with Gasteiger partial charge in [0.2, 0.25) is 9.84 Å². The fourth-order valence-electron chi connectivity index (χ4n) is 2.68. The molecule has 21 heavy (non-hydrogen) atoms. The zero-order valence-corrected chi connectivity index (χ0v) is 12.7. The van der Waals surface area contributed by atoms with Gasteiger partial charge in [-0.05, 0) is 31.5 Å². The molecule has 2 rings (SSSR count). The van der Waals surface area contributed by atoms with Gasteiger partial charge in [-0.15, -0.1) is 0 Å². The number of nitrogens with zero attached hydrogens (tertiary/aromatic N) is 1. The highest BCUT2D eigenvalue weighted by Gasteiger charge is 2.32. The van der Waals surface area contributed by atoms with Gasteiger partial charge < -0.3 is 10.2 Å². The molecule has 7 heteroatoms. The molecule has 0 amide bonds. The molecular weight excluding hydrogens is 298 g/mol. The van der Waals surface area contributed by atoms with Crippen LogP contribution in [0.15, 0.2) is 29.2 Å². The molecule has 1 aliphatic heterocycles. The molecule has 1 fully saturated rings. The van der Waals surface area contributed by atoms with Crippen molar-refractivity contribution in [3.8, 4) is 0 Å². The van der Waals surface area contributed by atoms with Crippen LogP contribution in [0.5, 0.6) is 0 Å².